The maximum Gasteiger partial charge on any atom is 0.301 e. The van der Waals surface area contributed by atoms with Crippen LogP contribution in [-0.2, 0) is 9.59 Å². The molecule has 3 aliphatic carbocycles. The minimum Gasteiger partial charge on any atom is -0.274 e. The second kappa shape index (κ2) is 9.69. The van der Waals surface area contributed by atoms with Crippen molar-refractivity contribution < 1.29 is 19.4 Å². The van der Waals surface area contributed by atoms with Crippen molar-refractivity contribution in [2.75, 3.05) is 10.3 Å². The second-order valence-electron chi connectivity index (χ2n) is 10.8. The third kappa shape index (κ3) is 3.92. The molecule has 0 aromatic heterocycles. The highest BCUT2D eigenvalue weighted by Crippen LogP contribution is 2.61. The number of nitro groups is 2. The number of hydrogen-bond acceptors (Lipinski definition) is 8. The van der Waals surface area contributed by atoms with E-state index in [1.165, 1.54) is 11.0 Å². The highest BCUT2D eigenvalue weighted by Gasteiger charge is 2.61. The van der Waals surface area contributed by atoms with Crippen molar-refractivity contribution in [3.63, 3.8) is 0 Å². The van der Waals surface area contributed by atoms with Gasteiger partial charge < -0.3 is 0 Å². The zero-order chi connectivity index (χ0) is 30.0. The molecule has 0 radical (unpaired) electrons. The third-order valence-corrected chi connectivity index (χ3v) is 8.72. The average Bonchev–Trinajstić information content (AvgIpc) is 3.29. The Morgan fingerprint density at radius 3 is 1.72 bits per heavy atom. The maximum absolute atomic E-state index is 14.0. The minimum absolute atomic E-state index is 0.000872. The molecule has 2 atom stereocenters. The van der Waals surface area contributed by atoms with E-state index in [1.54, 1.807) is 31.2 Å². The Morgan fingerprint density at radius 2 is 1.26 bits per heavy atom. The van der Waals surface area contributed by atoms with Crippen LogP contribution in [0.2, 0.25) is 0 Å². The van der Waals surface area contributed by atoms with Gasteiger partial charge in [0.2, 0.25) is 11.8 Å². The maximum atomic E-state index is 14.0. The van der Waals surface area contributed by atoms with Gasteiger partial charge in [-0.1, -0.05) is 60.7 Å². The number of imide groups is 1. The van der Waals surface area contributed by atoms with Gasteiger partial charge in [0.15, 0.2) is 0 Å². The SMILES string of the molecule is C/C(=N/Nc1ccc([N+](=O)[O-])cc1[N+](=O)[O-])c1ccc(N2C(=O)[C@@H]3C4c5ccccc5C(c5ccccc54)[C@H]3C2=O)cc1. The molecule has 11 heteroatoms. The lowest BCUT2D eigenvalue weighted by molar-refractivity contribution is -0.393. The van der Waals surface area contributed by atoms with E-state index in [4.69, 9.17) is 0 Å². The summed E-state index contributed by atoms with van der Waals surface area (Å²) in [5.41, 5.74) is 7.75. The van der Waals surface area contributed by atoms with Crippen LogP contribution in [0.1, 0.15) is 46.6 Å². The summed E-state index contributed by atoms with van der Waals surface area (Å²) < 4.78 is 0. The quantitative estimate of drug-likeness (QED) is 0.134. The lowest BCUT2D eigenvalue weighted by atomic mass is 9.55. The van der Waals surface area contributed by atoms with Gasteiger partial charge >= 0.3 is 5.69 Å². The van der Waals surface area contributed by atoms with Crippen LogP contribution in [-0.4, -0.2) is 27.4 Å². The lowest BCUT2D eigenvalue weighted by Gasteiger charge is -2.45. The number of anilines is 2. The van der Waals surface area contributed by atoms with E-state index < -0.39 is 33.1 Å². The number of benzene rings is 4. The van der Waals surface area contributed by atoms with Gasteiger partial charge in [0.05, 0.1) is 39.1 Å². The molecule has 0 spiro atoms. The number of non-ortho nitro benzene ring substituents is 1. The fraction of sp³-hybridized carbons (Fsp3) is 0.156. The van der Waals surface area contributed by atoms with Gasteiger partial charge in [-0.2, -0.15) is 5.10 Å². The Bertz CT molecular complexity index is 1790. The molecule has 11 nitrogen and oxygen atoms in total. The Hall–Kier alpha value is -5.71. The monoisotopic (exact) mass is 573 g/mol. The number of nitro benzene ring substituents is 2. The number of rotatable bonds is 6. The van der Waals surface area contributed by atoms with Crippen molar-refractivity contribution in [2.45, 2.75) is 18.8 Å². The largest absolute Gasteiger partial charge is 0.301 e. The van der Waals surface area contributed by atoms with Crippen molar-refractivity contribution in [1.82, 2.24) is 0 Å². The molecule has 4 aromatic rings. The number of hydrazone groups is 1. The Morgan fingerprint density at radius 1 is 0.744 bits per heavy atom. The standard InChI is InChI=1S/C32H23N5O6/c1-17(33-34-25-15-14-20(36(40)41)16-26(25)37(42)43)18-10-12-19(13-11-18)35-31(38)29-27-21-6-2-3-7-22(21)28(30(29)32(35)39)24-9-5-4-8-23(24)27/h2-16,27-30,34H,1H3/b33-17-/t27?,28?,29-,30-/m1/s1. The van der Waals surface area contributed by atoms with E-state index in [2.05, 4.69) is 34.8 Å². The van der Waals surface area contributed by atoms with E-state index in [-0.39, 0.29) is 29.3 Å². The van der Waals surface area contributed by atoms with E-state index >= 15 is 0 Å². The zero-order valence-corrected chi connectivity index (χ0v) is 22.7. The molecule has 1 aliphatic heterocycles. The van der Waals surface area contributed by atoms with Crippen LogP contribution in [0.3, 0.4) is 0 Å². The summed E-state index contributed by atoms with van der Waals surface area (Å²) in [7, 11) is 0. The zero-order valence-electron chi connectivity index (χ0n) is 22.7. The number of carbonyl (C=O) groups is 2. The minimum atomic E-state index is -0.722. The van der Waals surface area contributed by atoms with Gasteiger partial charge in [0.1, 0.15) is 5.69 Å². The smallest absolute Gasteiger partial charge is 0.274 e. The molecular formula is C32H23N5O6. The average molecular weight is 574 g/mol. The predicted molar refractivity (Wildman–Crippen MR) is 158 cm³/mol. The van der Waals surface area contributed by atoms with E-state index in [0.29, 0.717) is 17.0 Å². The van der Waals surface area contributed by atoms with Gasteiger partial charge in [-0.3, -0.25) is 35.2 Å². The fourth-order valence-corrected chi connectivity index (χ4v) is 6.87. The van der Waals surface area contributed by atoms with Crippen LogP contribution in [0.4, 0.5) is 22.7 Å². The molecule has 2 amide bonds. The topological polar surface area (TPSA) is 148 Å². The summed E-state index contributed by atoms with van der Waals surface area (Å²) in [6.45, 7) is 1.69. The number of nitrogens with one attached hydrogen (secondary N) is 1. The predicted octanol–water partition coefficient (Wildman–Crippen LogP) is 5.74. The number of hydrogen-bond donors (Lipinski definition) is 1. The Kier molecular flexibility index (Phi) is 5.91. The number of carbonyl (C=O) groups excluding carboxylic acids is 2. The van der Waals surface area contributed by atoms with Crippen molar-refractivity contribution in [1.29, 1.82) is 0 Å². The van der Waals surface area contributed by atoms with Crippen LogP contribution in [0, 0.1) is 32.1 Å². The molecular weight excluding hydrogens is 550 g/mol. The Balaban J connectivity index is 1.16. The first-order valence-corrected chi connectivity index (χ1v) is 13.6. The normalized spacial score (nSPS) is 21.7. The van der Waals surface area contributed by atoms with Gasteiger partial charge in [0, 0.05) is 17.9 Å². The summed E-state index contributed by atoms with van der Waals surface area (Å²) >= 11 is 0. The first kappa shape index (κ1) is 26.2. The van der Waals surface area contributed by atoms with Gasteiger partial charge in [-0.25, -0.2) is 4.90 Å². The van der Waals surface area contributed by atoms with Gasteiger partial charge in [-0.05, 0) is 52.9 Å². The molecule has 1 N–H and O–H groups in total. The molecule has 43 heavy (non-hydrogen) atoms. The first-order valence-electron chi connectivity index (χ1n) is 13.6. The fourth-order valence-electron chi connectivity index (χ4n) is 6.87. The molecule has 4 aliphatic rings. The second-order valence-corrected chi connectivity index (χ2v) is 10.8. The molecule has 212 valence electrons. The first-order chi connectivity index (χ1) is 20.8. The van der Waals surface area contributed by atoms with Crippen LogP contribution in [0.25, 0.3) is 0 Å². The molecule has 2 bridgehead atoms. The molecule has 4 aromatic carbocycles. The summed E-state index contributed by atoms with van der Waals surface area (Å²) in [5.74, 6) is -1.75. The van der Waals surface area contributed by atoms with Crippen molar-refractivity contribution in [3.05, 3.63) is 139 Å². The highest BCUT2D eigenvalue weighted by molar-refractivity contribution is 6.23. The molecule has 1 heterocycles. The summed E-state index contributed by atoms with van der Waals surface area (Å²) in [4.78, 5) is 50.2. The Labute approximate surface area is 244 Å². The summed E-state index contributed by atoms with van der Waals surface area (Å²) in [5, 5.41) is 26.6. The van der Waals surface area contributed by atoms with Gasteiger partial charge in [-0.15, -0.1) is 0 Å². The molecule has 1 fully saturated rings. The third-order valence-electron chi connectivity index (χ3n) is 8.72. The molecule has 8 rings (SSSR count). The van der Waals surface area contributed by atoms with E-state index in [1.807, 2.05) is 24.3 Å². The van der Waals surface area contributed by atoms with Gasteiger partial charge in [0.25, 0.3) is 5.69 Å². The van der Waals surface area contributed by atoms with Crippen molar-refractivity contribution >= 4 is 40.3 Å². The molecule has 0 unspecified atom stereocenters. The molecule has 0 saturated carbocycles. The summed E-state index contributed by atoms with van der Waals surface area (Å²) in [6.07, 6.45) is 0. The number of nitrogens with zero attached hydrogens (tertiary/aromatic N) is 4. The van der Waals surface area contributed by atoms with Crippen LogP contribution in [0.15, 0.2) is 96.1 Å². The highest BCUT2D eigenvalue weighted by atomic mass is 16.6. The van der Waals surface area contributed by atoms with Crippen LogP contribution >= 0.6 is 0 Å². The molecule has 1 saturated heterocycles. The lowest BCUT2D eigenvalue weighted by Crippen LogP contribution is -2.41. The van der Waals surface area contributed by atoms with Crippen LogP contribution in [0.5, 0.6) is 0 Å². The number of amides is 2. The van der Waals surface area contributed by atoms with E-state index in [9.17, 15) is 29.8 Å². The van der Waals surface area contributed by atoms with E-state index in [0.717, 1.165) is 34.4 Å². The summed E-state index contributed by atoms with van der Waals surface area (Å²) in [6, 6.07) is 26.3. The van der Waals surface area contributed by atoms with Crippen LogP contribution < -0.4 is 10.3 Å². The van der Waals surface area contributed by atoms with Crippen molar-refractivity contribution in [2.24, 2.45) is 16.9 Å². The van der Waals surface area contributed by atoms with Crippen molar-refractivity contribution in [3.8, 4) is 0 Å².